The zero-order valence-electron chi connectivity index (χ0n) is 11.9. The summed E-state index contributed by atoms with van der Waals surface area (Å²) in [6.07, 6.45) is 8.47. The molecule has 0 bridgehead atoms. The van der Waals surface area contributed by atoms with Crippen LogP contribution in [0.2, 0.25) is 0 Å². The summed E-state index contributed by atoms with van der Waals surface area (Å²) >= 11 is 0. The minimum Gasteiger partial charge on any atom is -0.390 e. The molecule has 5 atom stereocenters. The Balaban J connectivity index is 2.26. The van der Waals surface area contributed by atoms with E-state index in [0.717, 1.165) is 18.3 Å². The van der Waals surface area contributed by atoms with Crippen molar-refractivity contribution in [2.45, 2.75) is 65.4 Å². The van der Waals surface area contributed by atoms with E-state index >= 15 is 0 Å². The third kappa shape index (κ3) is 2.45. The number of hydrogen-bond acceptors (Lipinski definition) is 1. The first-order chi connectivity index (χ1) is 7.95. The number of fused-ring (bicyclic) bond motifs is 1. The summed E-state index contributed by atoms with van der Waals surface area (Å²) in [5.74, 6) is 2.76. The van der Waals surface area contributed by atoms with Crippen LogP contribution in [0.15, 0.2) is 11.6 Å². The molecule has 0 aromatic heterocycles. The summed E-state index contributed by atoms with van der Waals surface area (Å²) in [6.45, 7) is 8.82. The quantitative estimate of drug-likeness (QED) is 0.714. The van der Waals surface area contributed by atoms with Gasteiger partial charge in [0.25, 0.3) is 0 Å². The van der Waals surface area contributed by atoms with Gasteiger partial charge in [0.05, 0.1) is 5.60 Å². The van der Waals surface area contributed by atoms with E-state index in [1.165, 1.54) is 31.3 Å². The van der Waals surface area contributed by atoms with Gasteiger partial charge in [0, 0.05) is 0 Å². The van der Waals surface area contributed by atoms with Crippen molar-refractivity contribution in [3.63, 3.8) is 0 Å². The van der Waals surface area contributed by atoms with Crippen LogP contribution in [0.1, 0.15) is 59.8 Å². The van der Waals surface area contributed by atoms with E-state index in [4.69, 9.17) is 0 Å². The number of hydrogen-bond donors (Lipinski definition) is 1. The number of aliphatic hydroxyl groups is 1. The molecule has 2 aliphatic carbocycles. The molecule has 0 spiro atoms. The van der Waals surface area contributed by atoms with Crippen LogP contribution < -0.4 is 0 Å². The minimum atomic E-state index is -0.475. The summed E-state index contributed by atoms with van der Waals surface area (Å²) < 4.78 is 0. The zero-order valence-corrected chi connectivity index (χ0v) is 11.9. The van der Waals surface area contributed by atoms with E-state index < -0.39 is 5.60 Å². The van der Waals surface area contributed by atoms with E-state index in [2.05, 4.69) is 26.8 Å². The first kappa shape index (κ1) is 13.1. The fraction of sp³-hybridized carbons (Fsp3) is 0.875. The second-order valence-electron chi connectivity index (χ2n) is 6.66. The van der Waals surface area contributed by atoms with Crippen molar-refractivity contribution in [3.05, 3.63) is 11.6 Å². The Morgan fingerprint density at radius 3 is 2.71 bits per heavy atom. The van der Waals surface area contributed by atoms with E-state index in [-0.39, 0.29) is 0 Å². The van der Waals surface area contributed by atoms with Gasteiger partial charge in [0.2, 0.25) is 0 Å². The molecule has 0 aliphatic heterocycles. The van der Waals surface area contributed by atoms with E-state index in [1.54, 1.807) is 0 Å². The topological polar surface area (TPSA) is 20.2 Å². The standard InChI is InChI=1S/C16H28O/c1-5-16(4,17)15-9-7-12(3)13-8-6-11(2)10-14(13)15/h10,12-15,17H,5-9H2,1-4H3/t12-,13+,14+,15?,16?/m1/s1. The van der Waals surface area contributed by atoms with Crippen LogP contribution in [0.25, 0.3) is 0 Å². The fourth-order valence-electron chi connectivity index (χ4n) is 4.04. The van der Waals surface area contributed by atoms with Crippen LogP contribution in [-0.2, 0) is 0 Å². The van der Waals surface area contributed by atoms with Gasteiger partial charge in [-0.3, -0.25) is 0 Å². The maximum atomic E-state index is 10.6. The van der Waals surface area contributed by atoms with Crippen molar-refractivity contribution in [1.29, 1.82) is 0 Å². The van der Waals surface area contributed by atoms with Gasteiger partial charge in [-0.15, -0.1) is 0 Å². The Morgan fingerprint density at radius 2 is 2.06 bits per heavy atom. The van der Waals surface area contributed by atoms with Crippen LogP contribution in [-0.4, -0.2) is 10.7 Å². The smallest absolute Gasteiger partial charge is 0.0650 e. The molecular weight excluding hydrogens is 208 g/mol. The predicted molar refractivity (Wildman–Crippen MR) is 72.8 cm³/mol. The maximum Gasteiger partial charge on any atom is 0.0650 e. The average Bonchev–Trinajstić information content (AvgIpc) is 2.29. The Labute approximate surface area is 106 Å². The maximum absolute atomic E-state index is 10.6. The van der Waals surface area contributed by atoms with Crippen molar-refractivity contribution in [2.24, 2.45) is 23.7 Å². The molecule has 2 unspecified atom stereocenters. The monoisotopic (exact) mass is 236 g/mol. The molecule has 0 aromatic carbocycles. The molecule has 0 saturated heterocycles. The molecule has 98 valence electrons. The third-order valence-electron chi connectivity index (χ3n) is 5.49. The Morgan fingerprint density at radius 1 is 1.35 bits per heavy atom. The lowest BCUT2D eigenvalue weighted by Gasteiger charge is -2.48. The number of rotatable bonds is 2. The fourth-order valence-corrected chi connectivity index (χ4v) is 4.04. The lowest BCUT2D eigenvalue weighted by molar-refractivity contribution is -0.0619. The molecule has 1 N–H and O–H groups in total. The van der Waals surface area contributed by atoms with Crippen LogP contribution in [0.3, 0.4) is 0 Å². The van der Waals surface area contributed by atoms with Crippen molar-refractivity contribution in [2.75, 3.05) is 0 Å². The summed E-state index contributed by atoms with van der Waals surface area (Å²) in [4.78, 5) is 0. The molecule has 0 amide bonds. The molecule has 1 heteroatoms. The van der Waals surface area contributed by atoms with Crippen molar-refractivity contribution < 1.29 is 5.11 Å². The molecule has 0 heterocycles. The first-order valence-corrected chi connectivity index (χ1v) is 7.35. The molecule has 0 radical (unpaired) electrons. The lowest BCUT2D eigenvalue weighted by atomic mass is 9.58. The minimum absolute atomic E-state index is 0.475. The van der Waals surface area contributed by atoms with Crippen LogP contribution in [0.4, 0.5) is 0 Å². The molecule has 17 heavy (non-hydrogen) atoms. The van der Waals surface area contributed by atoms with Crippen molar-refractivity contribution >= 4 is 0 Å². The highest BCUT2D eigenvalue weighted by molar-refractivity contribution is 5.12. The molecule has 0 aromatic rings. The molecular formula is C16H28O. The van der Waals surface area contributed by atoms with Gasteiger partial charge in [-0.25, -0.2) is 0 Å². The van der Waals surface area contributed by atoms with Gasteiger partial charge in [-0.05, 0) is 63.2 Å². The van der Waals surface area contributed by atoms with Gasteiger partial charge < -0.3 is 5.11 Å². The summed E-state index contributed by atoms with van der Waals surface area (Å²) in [6, 6.07) is 0. The Kier molecular flexibility index (Phi) is 3.68. The zero-order chi connectivity index (χ0) is 12.6. The normalized spacial score (nSPS) is 41.4. The largest absolute Gasteiger partial charge is 0.390 e. The first-order valence-electron chi connectivity index (χ1n) is 7.35. The Hall–Kier alpha value is -0.300. The molecule has 2 rings (SSSR count). The second kappa shape index (κ2) is 4.76. The van der Waals surface area contributed by atoms with Crippen LogP contribution in [0.5, 0.6) is 0 Å². The molecule has 2 aliphatic rings. The van der Waals surface area contributed by atoms with Crippen molar-refractivity contribution in [3.8, 4) is 0 Å². The molecule has 1 nitrogen and oxygen atoms in total. The SMILES string of the molecule is CCC(C)(O)C1CC[C@@H](C)[C@@H]2CCC(C)=C[C@H]12. The van der Waals surface area contributed by atoms with Gasteiger partial charge in [-0.1, -0.05) is 31.9 Å². The summed E-state index contributed by atoms with van der Waals surface area (Å²) in [7, 11) is 0. The van der Waals surface area contributed by atoms with Crippen LogP contribution >= 0.6 is 0 Å². The second-order valence-corrected chi connectivity index (χ2v) is 6.66. The van der Waals surface area contributed by atoms with Gasteiger partial charge >= 0.3 is 0 Å². The predicted octanol–water partition coefficient (Wildman–Crippen LogP) is 4.17. The van der Waals surface area contributed by atoms with E-state index in [1.807, 2.05) is 6.92 Å². The molecule has 1 saturated carbocycles. The van der Waals surface area contributed by atoms with Crippen molar-refractivity contribution in [1.82, 2.24) is 0 Å². The average molecular weight is 236 g/mol. The van der Waals surface area contributed by atoms with Gasteiger partial charge in [0.1, 0.15) is 0 Å². The highest BCUT2D eigenvalue weighted by Crippen LogP contribution is 2.49. The highest BCUT2D eigenvalue weighted by atomic mass is 16.3. The van der Waals surface area contributed by atoms with Crippen LogP contribution in [0, 0.1) is 23.7 Å². The number of allylic oxidation sites excluding steroid dienone is 2. The lowest BCUT2D eigenvalue weighted by Crippen LogP contribution is -2.46. The summed E-state index contributed by atoms with van der Waals surface area (Å²) in [5, 5.41) is 10.6. The third-order valence-corrected chi connectivity index (χ3v) is 5.49. The van der Waals surface area contributed by atoms with Gasteiger partial charge in [0.15, 0.2) is 0 Å². The van der Waals surface area contributed by atoms with E-state index in [9.17, 15) is 5.11 Å². The highest BCUT2D eigenvalue weighted by Gasteiger charge is 2.44. The Bertz CT molecular complexity index is 303. The molecule has 1 fully saturated rings. The van der Waals surface area contributed by atoms with Gasteiger partial charge in [-0.2, -0.15) is 0 Å². The van der Waals surface area contributed by atoms with E-state index in [0.29, 0.717) is 11.8 Å². The summed E-state index contributed by atoms with van der Waals surface area (Å²) in [5.41, 5.74) is 1.06.